The van der Waals surface area contributed by atoms with Crippen molar-refractivity contribution in [1.82, 2.24) is 4.98 Å². The zero-order valence-electron chi connectivity index (χ0n) is 11.5. The first-order valence-corrected chi connectivity index (χ1v) is 6.77. The molecule has 106 valence electrons. The Morgan fingerprint density at radius 3 is 2.67 bits per heavy atom. The van der Waals surface area contributed by atoms with Gasteiger partial charge in [0.25, 0.3) is 0 Å². The van der Waals surface area contributed by atoms with E-state index in [2.05, 4.69) is 4.98 Å². The van der Waals surface area contributed by atoms with Gasteiger partial charge in [-0.1, -0.05) is 6.07 Å². The van der Waals surface area contributed by atoms with Gasteiger partial charge in [-0.15, -0.1) is 0 Å². The molecule has 0 radical (unpaired) electrons. The number of carbonyl (C=O) groups is 2. The summed E-state index contributed by atoms with van der Waals surface area (Å²) in [5, 5.41) is 0. The van der Waals surface area contributed by atoms with Crippen LogP contribution in [0.15, 0.2) is 42.7 Å². The average molecular weight is 281 g/mol. The second-order valence-corrected chi connectivity index (χ2v) is 5.04. The van der Waals surface area contributed by atoms with Crippen LogP contribution in [0.3, 0.4) is 0 Å². The number of aromatic nitrogens is 1. The molecule has 0 saturated carbocycles. The van der Waals surface area contributed by atoms with E-state index in [-0.39, 0.29) is 5.91 Å². The Morgan fingerprint density at radius 2 is 1.95 bits per heavy atom. The van der Waals surface area contributed by atoms with Crippen LogP contribution in [0.25, 0.3) is 0 Å². The molecule has 0 saturated heterocycles. The number of hydrogen-bond donors (Lipinski definition) is 1. The van der Waals surface area contributed by atoms with E-state index in [0.717, 1.165) is 23.2 Å². The fraction of sp³-hybridized carbons (Fsp3) is 0.188. The molecule has 21 heavy (non-hydrogen) atoms. The van der Waals surface area contributed by atoms with Crippen molar-refractivity contribution in [2.45, 2.75) is 12.8 Å². The normalized spacial score (nSPS) is 13.0. The van der Waals surface area contributed by atoms with E-state index >= 15 is 0 Å². The van der Waals surface area contributed by atoms with Gasteiger partial charge >= 0.3 is 0 Å². The van der Waals surface area contributed by atoms with Crippen LogP contribution in [0.1, 0.15) is 21.5 Å². The van der Waals surface area contributed by atoms with Gasteiger partial charge in [-0.3, -0.25) is 14.6 Å². The summed E-state index contributed by atoms with van der Waals surface area (Å²) in [6.07, 6.45) is 4.47. The number of nitrogens with two attached hydrogens (primary N) is 1. The van der Waals surface area contributed by atoms with Gasteiger partial charge in [0, 0.05) is 30.2 Å². The summed E-state index contributed by atoms with van der Waals surface area (Å²) >= 11 is 0. The number of rotatable bonds is 3. The molecule has 0 spiro atoms. The molecule has 0 fully saturated rings. The lowest BCUT2D eigenvalue weighted by Gasteiger charge is -2.17. The molecule has 0 aliphatic carbocycles. The van der Waals surface area contributed by atoms with E-state index in [1.807, 2.05) is 18.2 Å². The Balaban J connectivity index is 1.84. The van der Waals surface area contributed by atoms with Crippen molar-refractivity contribution in [3.8, 4) is 0 Å². The second kappa shape index (κ2) is 5.36. The lowest BCUT2D eigenvalue weighted by molar-refractivity contribution is -0.117. The highest BCUT2D eigenvalue weighted by Gasteiger charge is 2.25. The molecular weight excluding hydrogens is 266 g/mol. The van der Waals surface area contributed by atoms with Crippen LogP contribution in [0.2, 0.25) is 0 Å². The predicted molar refractivity (Wildman–Crippen MR) is 79.0 cm³/mol. The minimum atomic E-state index is -0.480. The Morgan fingerprint density at radius 1 is 1.19 bits per heavy atom. The summed E-state index contributed by atoms with van der Waals surface area (Å²) in [5.74, 6) is -0.465. The standard InChI is InChI=1S/C16H15N3O2/c17-16(21)13-2-1-12-5-8-19(14(12)10-13)15(20)9-11-3-6-18-7-4-11/h1-4,6-7,10H,5,8-9H2,(H2,17,21). The number of fused-ring (bicyclic) bond motifs is 1. The summed E-state index contributed by atoms with van der Waals surface area (Å²) < 4.78 is 0. The third-order valence-corrected chi connectivity index (χ3v) is 3.67. The van der Waals surface area contributed by atoms with Gasteiger partial charge < -0.3 is 10.6 Å². The molecule has 0 unspecified atom stereocenters. The Bertz CT molecular complexity index is 698. The van der Waals surface area contributed by atoms with E-state index in [0.29, 0.717) is 18.5 Å². The number of amides is 2. The van der Waals surface area contributed by atoms with Crippen LogP contribution in [0.5, 0.6) is 0 Å². The predicted octanol–water partition coefficient (Wildman–Crippen LogP) is 1.31. The number of primary amides is 1. The van der Waals surface area contributed by atoms with Gasteiger partial charge in [-0.2, -0.15) is 0 Å². The summed E-state index contributed by atoms with van der Waals surface area (Å²) in [6.45, 7) is 0.640. The van der Waals surface area contributed by atoms with Gasteiger partial charge in [0.15, 0.2) is 0 Å². The van der Waals surface area contributed by atoms with Gasteiger partial charge in [-0.05, 0) is 41.8 Å². The lowest BCUT2D eigenvalue weighted by Crippen LogP contribution is -2.30. The Kier molecular flexibility index (Phi) is 3.39. The van der Waals surface area contributed by atoms with E-state index in [4.69, 9.17) is 5.73 Å². The molecule has 1 aromatic carbocycles. The number of pyridine rings is 1. The summed E-state index contributed by atoms with van der Waals surface area (Å²) in [4.78, 5) is 29.4. The van der Waals surface area contributed by atoms with Crippen molar-refractivity contribution in [2.24, 2.45) is 5.73 Å². The Hall–Kier alpha value is -2.69. The average Bonchev–Trinajstić information content (AvgIpc) is 2.91. The SMILES string of the molecule is NC(=O)c1ccc2c(c1)N(C(=O)Cc1ccncc1)CC2. The molecule has 0 atom stereocenters. The first-order valence-electron chi connectivity index (χ1n) is 6.77. The second-order valence-electron chi connectivity index (χ2n) is 5.04. The van der Waals surface area contributed by atoms with E-state index in [1.165, 1.54) is 0 Å². The molecule has 1 aliphatic heterocycles. The molecule has 2 heterocycles. The van der Waals surface area contributed by atoms with Gasteiger partial charge in [0.1, 0.15) is 0 Å². The number of anilines is 1. The van der Waals surface area contributed by atoms with Crippen molar-refractivity contribution >= 4 is 17.5 Å². The molecule has 1 aliphatic rings. The van der Waals surface area contributed by atoms with Crippen molar-refractivity contribution in [1.29, 1.82) is 0 Å². The van der Waals surface area contributed by atoms with Crippen LogP contribution in [0.4, 0.5) is 5.69 Å². The monoisotopic (exact) mass is 281 g/mol. The zero-order chi connectivity index (χ0) is 14.8. The quantitative estimate of drug-likeness (QED) is 0.921. The third kappa shape index (κ3) is 2.63. The summed E-state index contributed by atoms with van der Waals surface area (Å²) in [6, 6.07) is 8.94. The van der Waals surface area contributed by atoms with E-state index in [9.17, 15) is 9.59 Å². The van der Waals surface area contributed by atoms with Crippen molar-refractivity contribution in [2.75, 3.05) is 11.4 Å². The molecular formula is C16H15N3O2. The lowest BCUT2D eigenvalue weighted by atomic mass is 10.1. The van der Waals surface area contributed by atoms with Gasteiger partial charge in [0.2, 0.25) is 11.8 Å². The molecule has 0 bridgehead atoms. The maximum Gasteiger partial charge on any atom is 0.248 e. The molecule has 5 nitrogen and oxygen atoms in total. The largest absolute Gasteiger partial charge is 0.366 e. The summed E-state index contributed by atoms with van der Waals surface area (Å²) in [7, 11) is 0. The smallest absolute Gasteiger partial charge is 0.248 e. The highest BCUT2D eigenvalue weighted by Crippen LogP contribution is 2.29. The third-order valence-electron chi connectivity index (χ3n) is 3.67. The minimum absolute atomic E-state index is 0.0153. The fourth-order valence-corrected chi connectivity index (χ4v) is 2.56. The maximum atomic E-state index is 12.4. The molecule has 2 N–H and O–H groups in total. The molecule has 3 rings (SSSR count). The molecule has 1 aromatic heterocycles. The minimum Gasteiger partial charge on any atom is -0.366 e. The number of carbonyl (C=O) groups excluding carboxylic acids is 2. The van der Waals surface area contributed by atoms with Crippen LogP contribution in [-0.4, -0.2) is 23.3 Å². The first-order chi connectivity index (χ1) is 10.1. The topological polar surface area (TPSA) is 76.3 Å². The van der Waals surface area contributed by atoms with E-state index < -0.39 is 5.91 Å². The highest BCUT2D eigenvalue weighted by molar-refractivity contribution is 5.99. The molecule has 2 aromatic rings. The number of hydrogen-bond acceptors (Lipinski definition) is 3. The molecule has 2 amide bonds. The number of nitrogens with zero attached hydrogens (tertiary/aromatic N) is 2. The zero-order valence-corrected chi connectivity index (χ0v) is 11.5. The van der Waals surface area contributed by atoms with Crippen LogP contribution in [-0.2, 0) is 17.6 Å². The van der Waals surface area contributed by atoms with Gasteiger partial charge in [0.05, 0.1) is 6.42 Å². The molecule has 5 heteroatoms. The Labute approximate surface area is 122 Å². The number of benzene rings is 1. The van der Waals surface area contributed by atoms with Crippen LogP contribution >= 0.6 is 0 Å². The van der Waals surface area contributed by atoms with Crippen LogP contribution < -0.4 is 10.6 Å². The maximum absolute atomic E-state index is 12.4. The van der Waals surface area contributed by atoms with E-state index in [1.54, 1.807) is 29.4 Å². The van der Waals surface area contributed by atoms with Crippen molar-refractivity contribution < 1.29 is 9.59 Å². The highest BCUT2D eigenvalue weighted by atomic mass is 16.2. The van der Waals surface area contributed by atoms with Crippen molar-refractivity contribution in [3.05, 3.63) is 59.4 Å². The first kappa shape index (κ1) is 13.3. The van der Waals surface area contributed by atoms with Gasteiger partial charge in [-0.25, -0.2) is 0 Å². The van der Waals surface area contributed by atoms with Crippen molar-refractivity contribution in [3.63, 3.8) is 0 Å². The fourth-order valence-electron chi connectivity index (χ4n) is 2.56. The summed E-state index contributed by atoms with van der Waals surface area (Å²) in [5.41, 5.74) is 8.53. The van der Waals surface area contributed by atoms with Crippen LogP contribution in [0, 0.1) is 0 Å².